The van der Waals surface area contributed by atoms with Crippen molar-refractivity contribution in [2.24, 2.45) is 5.41 Å². The molecule has 3 fully saturated rings. The van der Waals surface area contributed by atoms with Gasteiger partial charge in [-0.1, -0.05) is 5.21 Å². The van der Waals surface area contributed by atoms with Crippen LogP contribution < -0.4 is 10.2 Å². The fourth-order valence-corrected chi connectivity index (χ4v) is 5.81. The fourth-order valence-electron chi connectivity index (χ4n) is 5.81. The third kappa shape index (κ3) is 3.84. The number of nitrogens with one attached hydrogen (secondary N) is 1. The molecule has 0 aliphatic carbocycles. The summed E-state index contributed by atoms with van der Waals surface area (Å²) in [7, 11) is 0. The number of imide groups is 1. The van der Waals surface area contributed by atoms with Crippen LogP contribution in [-0.2, 0) is 27.5 Å². The summed E-state index contributed by atoms with van der Waals surface area (Å²) in [5, 5.41) is 9.96. The van der Waals surface area contributed by atoms with Crippen LogP contribution in [0.4, 0.5) is 5.69 Å². The topological polar surface area (TPSA) is 121 Å². The third-order valence-electron chi connectivity index (χ3n) is 7.87. The largest absolute Gasteiger partial charge is 0.370 e. The van der Waals surface area contributed by atoms with E-state index in [-0.39, 0.29) is 36.1 Å². The summed E-state index contributed by atoms with van der Waals surface area (Å²) >= 11 is 0. The number of rotatable bonds is 4. The van der Waals surface area contributed by atoms with Crippen molar-refractivity contribution in [1.29, 1.82) is 0 Å². The van der Waals surface area contributed by atoms with Crippen LogP contribution in [0.15, 0.2) is 30.6 Å². The molecule has 3 saturated heterocycles. The average Bonchev–Trinajstić information content (AvgIpc) is 3.45. The highest BCUT2D eigenvalue weighted by Gasteiger charge is 2.46. The monoisotopic (exact) mass is 477 g/mol. The summed E-state index contributed by atoms with van der Waals surface area (Å²) in [4.78, 5) is 55.0. The molecular formula is C24H27N7O4. The molecule has 4 amide bonds. The number of hydrogen-bond acceptors (Lipinski definition) is 7. The Balaban J connectivity index is 1.06. The zero-order valence-electron chi connectivity index (χ0n) is 19.4. The molecule has 35 heavy (non-hydrogen) atoms. The van der Waals surface area contributed by atoms with Gasteiger partial charge in [-0.15, -0.1) is 5.10 Å². The molecule has 4 aliphatic rings. The summed E-state index contributed by atoms with van der Waals surface area (Å²) in [6, 6.07) is 5.30. The number of carbonyl (C=O) groups is 4. The van der Waals surface area contributed by atoms with E-state index in [1.165, 1.54) is 0 Å². The molecule has 2 aromatic rings. The lowest BCUT2D eigenvalue weighted by atomic mass is 9.71. The maximum Gasteiger partial charge on any atom is 0.255 e. The quantitative estimate of drug-likeness (QED) is 0.623. The van der Waals surface area contributed by atoms with Gasteiger partial charge in [0.15, 0.2) is 0 Å². The van der Waals surface area contributed by atoms with Gasteiger partial charge in [0, 0.05) is 62.0 Å². The molecule has 1 atom stereocenters. The van der Waals surface area contributed by atoms with Gasteiger partial charge >= 0.3 is 0 Å². The predicted molar refractivity (Wildman–Crippen MR) is 123 cm³/mol. The van der Waals surface area contributed by atoms with Crippen LogP contribution in [0, 0.1) is 5.41 Å². The van der Waals surface area contributed by atoms with E-state index in [4.69, 9.17) is 0 Å². The van der Waals surface area contributed by atoms with E-state index in [2.05, 4.69) is 26.6 Å². The summed E-state index contributed by atoms with van der Waals surface area (Å²) in [6.07, 6.45) is 5.83. The van der Waals surface area contributed by atoms with Gasteiger partial charge in [0.2, 0.25) is 17.7 Å². The molecule has 11 heteroatoms. The van der Waals surface area contributed by atoms with E-state index in [1.807, 2.05) is 17.0 Å². The number of hydrogen-bond donors (Lipinski definition) is 1. The lowest BCUT2D eigenvalue weighted by molar-refractivity contribution is -0.137. The summed E-state index contributed by atoms with van der Waals surface area (Å²) in [5.74, 6) is -0.748. The highest BCUT2D eigenvalue weighted by atomic mass is 16.2. The molecule has 1 spiro atoms. The Morgan fingerprint density at radius 1 is 1.14 bits per heavy atom. The average molecular weight is 478 g/mol. The highest BCUT2D eigenvalue weighted by Crippen LogP contribution is 2.43. The number of fused-ring (bicyclic) bond motifs is 1. The molecule has 0 bridgehead atoms. The SMILES string of the molecule is O=C1CCC(N2Cc3cc(N4CC5(CCN(C(=O)Cn6ccnn6)CC5)C4)ccc3C2=O)C(=O)N1. The van der Waals surface area contributed by atoms with E-state index in [9.17, 15) is 19.2 Å². The van der Waals surface area contributed by atoms with Crippen LogP contribution in [0.25, 0.3) is 0 Å². The number of likely N-dealkylation sites (tertiary alicyclic amines) is 1. The normalized spacial score (nSPS) is 23.4. The van der Waals surface area contributed by atoms with Crippen molar-refractivity contribution in [3.8, 4) is 0 Å². The molecule has 5 heterocycles. The van der Waals surface area contributed by atoms with Crippen LogP contribution in [0.1, 0.15) is 41.6 Å². The smallest absolute Gasteiger partial charge is 0.255 e. The van der Waals surface area contributed by atoms with Crippen molar-refractivity contribution in [3.05, 3.63) is 41.7 Å². The second-order valence-corrected chi connectivity index (χ2v) is 10.1. The molecule has 1 aromatic carbocycles. The van der Waals surface area contributed by atoms with Gasteiger partial charge in [0.1, 0.15) is 12.6 Å². The Bertz CT molecular complexity index is 1190. The number of nitrogens with zero attached hydrogens (tertiary/aromatic N) is 6. The van der Waals surface area contributed by atoms with Gasteiger partial charge in [-0.25, -0.2) is 4.68 Å². The lowest BCUT2D eigenvalue weighted by Gasteiger charge is -2.55. The minimum atomic E-state index is -0.596. The van der Waals surface area contributed by atoms with Gasteiger partial charge < -0.3 is 14.7 Å². The van der Waals surface area contributed by atoms with Crippen LogP contribution in [-0.4, -0.2) is 80.6 Å². The standard InChI is InChI=1S/C24H27N7O4/c32-20-4-3-19(22(34)26-20)31-12-16-11-17(1-2-18(16)23(31)35)29-14-24(15-29)5-8-28(9-6-24)21(33)13-30-10-7-25-27-30/h1-2,7,10-11,19H,3-6,8-9,12-15H2,(H,26,32,34). The molecule has 4 aliphatic heterocycles. The number of amides is 4. The minimum Gasteiger partial charge on any atom is -0.370 e. The summed E-state index contributed by atoms with van der Waals surface area (Å²) in [5.41, 5.74) is 2.86. The molecule has 1 N–H and O–H groups in total. The number of piperidine rings is 2. The zero-order chi connectivity index (χ0) is 24.2. The first kappa shape index (κ1) is 21.8. The number of anilines is 1. The molecule has 182 valence electrons. The maximum atomic E-state index is 12.9. The molecule has 1 aromatic heterocycles. The molecule has 0 radical (unpaired) electrons. The van der Waals surface area contributed by atoms with E-state index < -0.39 is 11.9 Å². The van der Waals surface area contributed by atoms with Gasteiger partial charge in [-0.2, -0.15) is 0 Å². The molecule has 1 unspecified atom stereocenters. The van der Waals surface area contributed by atoms with E-state index in [0.29, 0.717) is 18.5 Å². The first-order chi connectivity index (χ1) is 16.9. The Morgan fingerprint density at radius 3 is 2.66 bits per heavy atom. The van der Waals surface area contributed by atoms with Gasteiger partial charge in [-0.05, 0) is 43.0 Å². The Hall–Kier alpha value is -3.76. The molecule has 11 nitrogen and oxygen atoms in total. The van der Waals surface area contributed by atoms with Gasteiger partial charge in [0.05, 0.1) is 6.20 Å². The zero-order valence-corrected chi connectivity index (χ0v) is 19.4. The van der Waals surface area contributed by atoms with Crippen LogP contribution in [0.5, 0.6) is 0 Å². The highest BCUT2D eigenvalue weighted by molar-refractivity contribution is 6.05. The molecular weight excluding hydrogens is 450 g/mol. The number of aromatic nitrogens is 3. The van der Waals surface area contributed by atoms with Crippen molar-refractivity contribution in [2.45, 2.75) is 44.8 Å². The maximum absolute atomic E-state index is 12.9. The van der Waals surface area contributed by atoms with E-state index in [0.717, 1.165) is 50.3 Å². The van der Waals surface area contributed by atoms with Crippen LogP contribution >= 0.6 is 0 Å². The fraction of sp³-hybridized carbons (Fsp3) is 0.500. The first-order valence-electron chi connectivity index (χ1n) is 12.1. The van der Waals surface area contributed by atoms with Crippen molar-refractivity contribution in [2.75, 3.05) is 31.1 Å². The van der Waals surface area contributed by atoms with E-state index >= 15 is 0 Å². The van der Waals surface area contributed by atoms with E-state index in [1.54, 1.807) is 22.0 Å². The van der Waals surface area contributed by atoms with Crippen LogP contribution in [0.3, 0.4) is 0 Å². The van der Waals surface area contributed by atoms with Crippen molar-refractivity contribution in [3.63, 3.8) is 0 Å². The Labute approximate surface area is 202 Å². The van der Waals surface area contributed by atoms with Crippen molar-refractivity contribution >= 4 is 29.3 Å². The summed E-state index contributed by atoms with van der Waals surface area (Å²) < 4.78 is 1.55. The van der Waals surface area contributed by atoms with Gasteiger partial charge in [0.25, 0.3) is 5.91 Å². The second-order valence-electron chi connectivity index (χ2n) is 10.1. The first-order valence-corrected chi connectivity index (χ1v) is 12.1. The van der Waals surface area contributed by atoms with Crippen LogP contribution in [0.2, 0.25) is 0 Å². The molecule has 6 rings (SSSR count). The van der Waals surface area contributed by atoms with Gasteiger partial charge in [-0.3, -0.25) is 24.5 Å². The Kier molecular flexibility index (Phi) is 5.08. The van der Waals surface area contributed by atoms with Crippen molar-refractivity contribution in [1.82, 2.24) is 30.1 Å². The Morgan fingerprint density at radius 2 is 1.94 bits per heavy atom. The predicted octanol–water partition coefficient (Wildman–Crippen LogP) is 0.168. The number of carbonyl (C=O) groups excluding carboxylic acids is 4. The van der Waals surface area contributed by atoms with Crippen molar-refractivity contribution < 1.29 is 19.2 Å². The minimum absolute atomic E-state index is 0.0744. The third-order valence-corrected chi connectivity index (χ3v) is 7.87. The molecule has 0 saturated carbocycles. The second kappa shape index (κ2) is 8.17. The number of benzene rings is 1. The summed E-state index contributed by atoms with van der Waals surface area (Å²) in [6.45, 7) is 3.98. The lowest BCUT2D eigenvalue weighted by Crippen LogP contribution is -2.61.